The second kappa shape index (κ2) is 5.66. The minimum atomic E-state index is -2.74. The smallest absolute Gasteiger partial charge is 0.291 e. The molecule has 0 saturated carbocycles. The van der Waals surface area contributed by atoms with Gasteiger partial charge < -0.3 is 0 Å². The molecule has 1 heterocycles. The van der Waals surface area contributed by atoms with Gasteiger partial charge >= 0.3 is 0 Å². The third-order valence-corrected chi connectivity index (χ3v) is 3.28. The average molecular weight is 352 g/mol. The number of anilines is 1. The Kier molecular flexibility index (Phi) is 4.15. The number of carbonyl (C=O) groups excluding carboxylic acids is 1. The van der Waals surface area contributed by atoms with Gasteiger partial charge in [-0.3, -0.25) is 10.1 Å². The van der Waals surface area contributed by atoms with Crippen LogP contribution >= 0.6 is 27.3 Å². The van der Waals surface area contributed by atoms with Gasteiger partial charge in [0.2, 0.25) is 5.13 Å². The molecule has 0 saturated heterocycles. The number of alkyl halides is 2. The number of benzene rings is 1. The number of nitrogens with one attached hydrogen (secondary N) is 1. The Bertz CT molecular complexity index is 600. The third kappa shape index (κ3) is 3.51. The summed E-state index contributed by atoms with van der Waals surface area (Å²) in [5, 5.41) is 8.33. The lowest BCUT2D eigenvalue weighted by Crippen LogP contribution is -2.12. The molecule has 4 nitrogen and oxygen atoms in total. The van der Waals surface area contributed by atoms with E-state index >= 15 is 0 Å². The number of nitrogens with zero attached hydrogens (tertiary/aromatic N) is 2. The number of halogens is 4. The zero-order valence-electron chi connectivity index (χ0n) is 9.03. The van der Waals surface area contributed by atoms with Crippen LogP contribution in [0.2, 0.25) is 0 Å². The normalized spacial score (nSPS) is 10.8. The zero-order chi connectivity index (χ0) is 14.0. The van der Waals surface area contributed by atoms with Crippen molar-refractivity contribution in [3.05, 3.63) is 39.1 Å². The second-order valence-electron chi connectivity index (χ2n) is 3.36. The molecule has 2 rings (SSSR count). The maximum absolute atomic E-state index is 13.1. The van der Waals surface area contributed by atoms with Gasteiger partial charge in [0, 0.05) is 10.0 Å². The highest BCUT2D eigenvalue weighted by molar-refractivity contribution is 9.10. The molecule has 1 amide bonds. The quantitative estimate of drug-likeness (QED) is 0.918. The minimum Gasteiger partial charge on any atom is -0.296 e. The molecule has 0 radical (unpaired) electrons. The number of hydrogen-bond donors (Lipinski definition) is 1. The van der Waals surface area contributed by atoms with Gasteiger partial charge in [-0.1, -0.05) is 27.3 Å². The standard InChI is InChI=1S/C10H5BrF3N3OS/c11-5-1-4(2-6(12)3-5)8(18)15-10-17-16-9(19-10)7(13)14/h1-3,7H,(H,15,17,18). The van der Waals surface area contributed by atoms with Crippen molar-refractivity contribution >= 4 is 38.3 Å². The summed E-state index contributed by atoms with van der Waals surface area (Å²) < 4.78 is 38.1. The van der Waals surface area contributed by atoms with Gasteiger partial charge in [0.25, 0.3) is 12.3 Å². The maximum atomic E-state index is 13.1. The SMILES string of the molecule is O=C(Nc1nnc(C(F)F)s1)c1cc(F)cc(Br)c1. The fourth-order valence-electron chi connectivity index (χ4n) is 1.23. The summed E-state index contributed by atoms with van der Waals surface area (Å²) in [6.07, 6.45) is -2.74. The Hall–Kier alpha value is -1.48. The van der Waals surface area contributed by atoms with Crippen molar-refractivity contribution in [2.75, 3.05) is 5.32 Å². The van der Waals surface area contributed by atoms with Gasteiger partial charge in [-0.2, -0.15) is 0 Å². The molecule has 0 aliphatic rings. The molecule has 100 valence electrons. The van der Waals surface area contributed by atoms with E-state index in [1.165, 1.54) is 12.1 Å². The molecule has 0 spiro atoms. The van der Waals surface area contributed by atoms with Crippen LogP contribution in [0.3, 0.4) is 0 Å². The lowest BCUT2D eigenvalue weighted by molar-refractivity contribution is 0.102. The van der Waals surface area contributed by atoms with Gasteiger partial charge in [-0.05, 0) is 18.2 Å². The number of amides is 1. The summed E-state index contributed by atoms with van der Waals surface area (Å²) in [6, 6.07) is 3.61. The van der Waals surface area contributed by atoms with Crippen LogP contribution in [0.15, 0.2) is 22.7 Å². The van der Waals surface area contributed by atoms with Crippen molar-refractivity contribution in [3.8, 4) is 0 Å². The molecular weight excluding hydrogens is 347 g/mol. The van der Waals surface area contributed by atoms with Crippen LogP contribution in [0.4, 0.5) is 18.3 Å². The van der Waals surface area contributed by atoms with Crippen molar-refractivity contribution < 1.29 is 18.0 Å². The second-order valence-corrected chi connectivity index (χ2v) is 5.28. The Morgan fingerprint density at radius 1 is 1.32 bits per heavy atom. The fraction of sp³-hybridized carbons (Fsp3) is 0.100. The van der Waals surface area contributed by atoms with E-state index in [1.54, 1.807) is 0 Å². The van der Waals surface area contributed by atoms with Crippen LogP contribution in [0, 0.1) is 5.82 Å². The topological polar surface area (TPSA) is 54.9 Å². The molecule has 0 bridgehead atoms. The van der Waals surface area contributed by atoms with Gasteiger partial charge in [0.1, 0.15) is 5.82 Å². The molecule has 1 aromatic carbocycles. The molecule has 1 N–H and O–H groups in total. The Balaban J connectivity index is 2.15. The van der Waals surface area contributed by atoms with E-state index in [0.717, 1.165) is 6.07 Å². The fourth-order valence-corrected chi connectivity index (χ4v) is 2.29. The number of hydrogen-bond acceptors (Lipinski definition) is 4. The lowest BCUT2D eigenvalue weighted by atomic mass is 10.2. The number of carbonyl (C=O) groups is 1. The maximum Gasteiger partial charge on any atom is 0.291 e. The van der Waals surface area contributed by atoms with Crippen LogP contribution in [-0.2, 0) is 0 Å². The van der Waals surface area contributed by atoms with E-state index in [-0.39, 0.29) is 10.7 Å². The Labute approximate surface area is 117 Å². The van der Waals surface area contributed by atoms with Crippen LogP contribution in [0.5, 0.6) is 0 Å². The first-order valence-electron chi connectivity index (χ1n) is 4.84. The first-order valence-corrected chi connectivity index (χ1v) is 6.45. The average Bonchev–Trinajstić information content (AvgIpc) is 2.76. The van der Waals surface area contributed by atoms with Crippen molar-refractivity contribution in [2.24, 2.45) is 0 Å². The number of rotatable bonds is 3. The predicted molar refractivity (Wildman–Crippen MR) is 66.9 cm³/mol. The van der Waals surface area contributed by atoms with Crippen molar-refractivity contribution in [2.45, 2.75) is 6.43 Å². The van der Waals surface area contributed by atoms with Gasteiger partial charge in [-0.25, -0.2) is 13.2 Å². The minimum absolute atomic E-state index is 0.0423. The number of aromatic nitrogens is 2. The van der Waals surface area contributed by atoms with E-state index in [9.17, 15) is 18.0 Å². The predicted octanol–water partition coefficient (Wildman–Crippen LogP) is 3.63. The highest BCUT2D eigenvalue weighted by atomic mass is 79.9. The largest absolute Gasteiger partial charge is 0.296 e. The summed E-state index contributed by atoms with van der Waals surface area (Å²) >= 11 is 3.61. The van der Waals surface area contributed by atoms with Crippen LogP contribution in [0.25, 0.3) is 0 Å². The molecule has 9 heteroatoms. The van der Waals surface area contributed by atoms with Gasteiger partial charge in [-0.15, -0.1) is 10.2 Å². The summed E-state index contributed by atoms with van der Waals surface area (Å²) in [4.78, 5) is 11.8. The van der Waals surface area contributed by atoms with E-state index in [0.29, 0.717) is 15.8 Å². The summed E-state index contributed by atoms with van der Waals surface area (Å²) in [6.45, 7) is 0. The third-order valence-electron chi connectivity index (χ3n) is 1.97. The highest BCUT2D eigenvalue weighted by Gasteiger charge is 2.16. The molecule has 19 heavy (non-hydrogen) atoms. The van der Waals surface area contributed by atoms with Gasteiger partial charge in [0.05, 0.1) is 0 Å². The van der Waals surface area contributed by atoms with E-state index in [4.69, 9.17) is 0 Å². The first kappa shape index (κ1) is 13.9. The highest BCUT2D eigenvalue weighted by Crippen LogP contribution is 2.25. The summed E-state index contributed by atoms with van der Waals surface area (Å²) in [7, 11) is 0. The monoisotopic (exact) mass is 351 g/mol. The Morgan fingerprint density at radius 2 is 2.05 bits per heavy atom. The molecule has 0 aliphatic carbocycles. The Morgan fingerprint density at radius 3 is 2.63 bits per heavy atom. The molecule has 0 aliphatic heterocycles. The van der Waals surface area contributed by atoms with E-state index < -0.39 is 23.2 Å². The zero-order valence-corrected chi connectivity index (χ0v) is 11.4. The summed E-state index contributed by atoms with van der Waals surface area (Å²) in [5.41, 5.74) is 0.0423. The van der Waals surface area contributed by atoms with Crippen molar-refractivity contribution in [1.82, 2.24) is 10.2 Å². The van der Waals surface area contributed by atoms with E-state index in [1.807, 2.05) is 0 Å². The van der Waals surface area contributed by atoms with Crippen LogP contribution in [0.1, 0.15) is 21.8 Å². The summed E-state index contributed by atoms with van der Waals surface area (Å²) in [5.74, 6) is -1.25. The van der Waals surface area contributed by atoms with Crippen molar-refractivity contribution in [1.29, 1.82) is 0 Å². The lowest BCUT2D eigenvalue weighted by Gasteiger charge is -2.02. The molecule has 2 aromatic rings. The molecule has 0 atom stereocenters. The molecule has 0 unspecified atom stereocenters. The first-order chi connectivity index (χ1) is 8.95. The molecular formula is C10H5BrF3N3OS. The van der Waals surface area contributed by atoms with E-state index in [2.05, 4.69) is 31.4 Å². The van der Waals surface area contributed by atoms with Gasteiger partial charge in [0.15, 0.2) is 5.01 Å². The molecule has 1 aromatic heterocycles. The molecule has 0 fully saturated rings. The van der Waals surface area contributed by atoms with Crippen LogP contribution in [-0.4, -0.2) is 16.1 Å². The van der Waals surface area contributed by atoms with Crippen LogP contribution < -0.4 is 5.32 Å². The van der Waals surface area contributed by atoms with Crippen molar-refractivity contribution in [3.63, 3.8) is 0 Å².